The molecular formula is C23H22ClF7N2O. The van der Waals surface area contributed by atoms with Crippen LogP contribution in [0.2, 0.25) is 5.02 Å². The minimum atomic E-state index is -4.95. The third-order valence-electron chi connectivity index (χ3n) is 6.01. The molecule has 0 saturated carbocycles. The molecule has 1 saturated heterocycles. The second-order valence-corrected chi connectivity index (χ2v) is 8.72. The zero-order valence-corrected chi connectivity index (χ0v) is 18.8. The number of carbonyl (C=O) groups is 1. The standard InChI is InChI=1S/C23H22ClF7N2O/c1-21(33-8-2-3-9-33,15-4-5-19(25)18(24)13-15)20(34)32-7-6-14-10-16(22(26,27)28)12-17(11-14)23(29,30)31/h4-5,10-13H,2-3,6-9H2,1H3,(H,32,34). The van der Waals surface area contributed by atoms with Gasteiger partial charge in [-0.1, -0.05) is 17.7 Å². The van der Waals surface area contributed by atoms with E-state index in [9.17, 15) is 35.5 Å². The van der Waals surface area contributed by atoms with E-state index in [-0.39, 0.29) is 29.6 Å². The summed E-state index contributed by atoms with van der Waals surface area (Å²) in [5, 5.41) is 2.45. The quantitative estimate of drug-likeness (QED) is 0.470. The molecule has 0 radical (unpaired) electrons. The monoisotopic (exact) mass is 510 g/mol. The van der Waals surface area contributed by atoms with Gasteiger partial charge >= 0.3 is 12.4 Å². The summed E-state index contributed by atoms with van der Waals surface area (Å²) in [5.74, 6) is -1.17. The van der Waals surface area contributed by atoms with Gasteiger partial charge in [0.1, 0.15) is 11.4 Å². The normalized spacial score (nSPS) is 17.0. The first-order chi connectivity index (χ1) is 15.7. The van der Waals surface area contributed by atoms with Crippen LogP contribution in [-0.2, 0) is 29.1 Å². The van der Waals surface area contributed by atoms with Gasteiger partial charge in [0, 0.05) is 6.54 Å². The van der Waals surface area contributed by atoms with Crippen molar-refractivity contribution in [3.63, 3.8) is 0 Å². The number of carbonyl (C=O) groups excluding carboxylic acids is 1. The van der Waals surface area contributed by atoms with Crippen LogP contribution in [0.25, 0.3) is 0 Å². The Morgan fingerprint density at radius 1 is 0.941 bits per heavy atom. The lowest BCUT2D eigenvalue weighted by Crippen LogP contribution is -2.53. The highest BCUT2D eigenvalue weighted by molar-refractivity contribution is 6.30. The van der Waals surface area contributed by atoms with Crippen LogP contribution in [0.5, 0.6) is 0 Å². The number of hydrogen-bond donors (Lipinski definition) is 1. The fourth-order valence-electron chi connectivity index (χ4n) is 4.08. The third-order valence-corrected chi connectivity index (χ3v) is 6.30. The van der Waals surface area contributed by atoms with Gasteiger partial charge in [0.25, 0.3) is 0 Å². The van der Waals surface area contributed by atoms with Gasteiger partial charge in [0.05, 0.1) is 16.1 Å². The largest absolute Gasteiger partial charge is 0.416 e. The zero-order chi connectivity index (χ0) is 25.3. The van der Waals surface area contributed by atoms with Crippen LogP contribution in [0.3, 0.4) is 0 Å². The molecule has 0 aromatic heterocycles. The van der Waals surface area contributed by atoms with Crippen molar-refractivity contribution in [1.29, 1.82) is 0 Å². The van der Waals surface area contributed by atoms with E-state index in [1.807, 2.05) is 4.90 Å². The highest BCUT2D eigenvalue weighted by Crippen LogP contribution is 2.37. The van der Waals surface area contributed by atoms with Crippen molar-refractivity contribution < 1.29 is 35.5 Å². The van der Waals surface area contributed by atoms with Crippen LogP contribution in [0.1, 0.15) is 42.0 Å². The van der Waals surface area contributed by atoms with Crippen molar-refractivity contribution in [2.45, 2.75) is 44.1 Å². The van der Waals surface area contributed by atoms with Crippen molar-refractivity contribution >= 4 is 17.5 Å². The maximum atomic E-state index is 13.7. The van der Waals surface area contributed by atoms with Gasteiger partial charge in [-0.25, -0.2) is 4.39 Å². The Morgan fingerprint density at radius 3 is 2.00 bits per heavy atom. The Kier molecular flexibility index (Phi) is 7.52. The summed E-state index contributed by atoms with van der Waals surface area (Å²) in [6.45, 7) is 2.60. The van der Waals surface area contributed by atoms with E-state index in [4.69, 9.17) is 11.6 Å². The fraction of sp³-hybridized carbons (Fsp3) is 0.435. The molecule has 1 amide bonds. The number of hydrogen-bond acceptors (Lipinski definition) is 2. The Morgan fingerprint density at radius 2 is 1.50 bits per heavy atom. The zero-order valence-electron chi connectivity index (χ0n) is 18.1. The molecule has 11 heteroatoms. The SMILES string of the molecule is CC(C(=O)NCCc1cc(C(F)(F)F)cc(C(F)(F)F)c1)(c1ccc(F)c(Cl)c1)N1CCCC1. The lowest BCUT2D eigenvalue weighted by atomic mass is 9.89. The minimum Gasteiger partial charge on any atom is -0.354 e. The minimum absolute atomic E-state index is 0.0603. The molecule has 1 aliphatic rings. The molecule has 0 aliphatic carbocycles. The fourth-order valence-corrected chi connectivity index (χ4v) is 4.26. The van der Waals surface area contributed by atoms with Crippen LogP contribution in [-0.4, -0.2) is 30.4 Å². The molecule has 1 fully saturated rings. The average Bonchev–Trinajstić information content (AvgIpc) is 3.29. The van der Waals surface area contributed by atoms with Crippen molar-refractivity contribution in [1.82, 2.24) is 10.2 Å². The van der Waals surface area contributed by atoms with E-state index in [0.29, 0.717) is 30.8 Å². The van der Waals surface area contributed by atoms with E-state index < -0.39 is 40.7 Å². The van der Waals surface area contributed by atoms with Gasteiger partial charge in [0.2, 0.25) is 5.91 Å². The van der Waals surface area contributed by atoms with Crippen molar-refractivity contribution in [2.75, 3.05) is 19.6 Å². The van der Waals surface area contributed by atoms with Crippen LogP contribution < -0.4 is 5.32 Å². The van der Waals surface area contributed by atoms with Gasteiger partial charge in [-0.15, -0.1) is 0 Å². The first kappa shape index (κ1) is 26.3. The molecule has 3 rings (SSSR count). The summed E-state index contributed by atoms with van der Waals surface area (Å²) < 4.78 is 92.2. The number of nitrogens with one attached hydrogen (secondary N) is 1. The molecule has 0 bridgehead atoms. The predicted molar refractivity (Wildman–Crippen MR) is 113 cm³/mol. The van der Waals surface area contributed by atoms with Crippen LogP contribution in [0.4, 0.5) is 30.7 Å². The Labute approximate surface area is 196 Å². The van der Waals surface area contributed by atoms with Crippen molar-refractivity contribution in [3.05, 3.63) is 69.5 Å². The maximum absolute atomic E-state index is 13.7. The molecule has 1 atom stereocenters. The van der Waals surface area contributed by atoms with E-state index in [1.54, 1.807) is 6.92 Å². The van der Waals surface area contributed by atoms with Gasteiger partial charge in [-0.2, -0.15) is 26.3 Å². The predicted octanol–water partition coefficient (Wildman–Crippen LogP) is 6.19. The summed E-state index contributed by atoms with van der Waals surface area (Å²) in [6.07, 6.45) is -8.48. The second-order valence-electron chi connectivity index (χ2n) is 8.32. The second kappa shape index (κ2) is 9.73. The topological polar surface area (TPSA) is 32.3 Å². The maximum Gasteiger partial charge on any atom is 0.416 e. The van der Waals surface area contributed by atoms with Crippen LogP contribution in [0.15, 0.2) is 36.4 Å². The molecule has 0 spiro atoms. The Bertz CT molecular complexity index is 1020. The first-order valence-electron chi connectivity index (χ1n) is 10.5. The summed E-state index contributed by atoms with van der Waals surface area (Å²) >= 11 is 5.91. The molecule has 186 valence electrons. The summed E-state index contributed by atoms with van der Waals surface area (Å²) in [6, 6.07) is 5.26. The molecule has 34 heavy (non-hydrogen) atoms. The van der Waals surface area contributed by atoms with Crippen LogP contribution >= 0.6 is 11.6 Å². The number of amides is 1. The summed E-state index contributed by atoms with van der Waals surface area (Å²) in [7, 11) is 0. The molecule has 2 aromatic carbocycles. The number of likely N-dealkylation sites (tertiary alicyclic amines) is 1. The Hall–Kier alpha value is -2.33. The van der Waals surface area contributed by atoms with Crippen molar-refractivity contribution in [2.24, 2.45) is 0 Å². The molecule has 1 N–H and O–H groups in total. The van der Waals surface area contributed by atoms with Crippen molar-refractivity contribution in [3.8, 4) is 0 Å². The van der Waals surface area contributed by atoms with Crippen LogP contribution in [0, 0.1) is 5.82 Å². The molecule has 1 heterocycles. The highest BCUT2D eigenvalue weighted by atomic mass is 35.5. The number of alkyl halides is 6. The van der Waals surface area contributed by atoms with Gasteiger partial charge in [0.15, 0.2) is 0 Å². The smallest absolute Gasteiger partial charge is 0.354 e. The third kappa shape index (κ3) is 5.66. The molecule has 1 unspecified atom stereocenters. The van der Waals surface area contributed by atoms with Gasteiger partial charge in [-0.05, 0) is 80.7 Å². The highest BCUT2D eigenvalue weighted by Gasteiger charge is 2.42. The van der Waals surface area contributed by atoms with Gasteiger partial charge < -0.3 is 5.32 Å². The molecule has 2 aromatic rings. The lowest BCUT2D eigenvalue weighted by molar-refractivity contribution is -0.143. The Balaban J connectivity index is 1.82. The number of rotatable bonds is 6. The number of nitrogens with zero attached hydrogens (tertiary/aromatic N) is 1. The number of halogens is 8. The number of benzene rings is 2. The summed E-state index contributed by atoms with van der Waals surface area (Å²) in [5.41, 5.74) is -3.86. The van der Waals surface area contributed by atoms with E-state index in [1.165, 1.54) is 12.1 Å². The molecular weight excluding hydrogens is 489 g/mol. The van der Waals surface area contributed by atoms with Gasteiger partial charge in [-0.3, -0.25) is 9.69 Å². The molecule has 1 aliphatic heterocycles. The van der Waals surface area contributed by atoms with E-state index >= 15 is 0 Å². The molecule has 3 nitrogen and oxygen atoms in total. The van der Waals surface area contributed by atoms with E-state index in [2.05, 4.69) is 5.32 Å². The average molecular weight is 511 g/mol. The van der Waals surface area contributed by atoms with E-state index in [0.717, 1.165) is 18.9 Å². The lowest BCUT2D eigenvalue weighted by Gasteiger charge is -2.38. The summed E-state index contributed by atoms with van der Waals surface area (Å²) in [4.78, 5) is 15.1. The first-order valence-corrected chi connectivity index (χ1v) is 10.9.